The van der Waals surface area contributed by atoms with E-state index < -0.39 is 0 Å². The third kappa shape index (κ3) is 3.86. The molecule has 0 atom stereocenters. The minimum absolute atomic E-state index is 0.0445. The van der Waals surface area contributed by atoms with Gasteiger partial charge in [-0.15, -0.1) is 0 Å². The van der Waals surface area contributed by atoms with Gasteiger partial charge >= 0.3 is 0 Å². The van der Waals surface area contributed by atoms with Gasteiger partial charge in [-0.25, -0.2) is 4.39 Å². The van der Waals surface area contributed by atoms with Crippen LogP contribution in [0.3, 0.4) is 0 Å². The zero-order valence-electron chi connectivity index (χ0n) is 12.3. The lowest BCUT2D eigenvalue weighted by Gasteiger charge is -2.11. The van der Waals surface area contributed by atoms with E-state index in [0.717, 1.165) is 27.5 Å². The average molecular weight is 425 g/mol. The van der Waals surface area contributed by atoms with Crippen molar-refractivity contribution in [3.63, 3.8) is 0 Å². The molecule has 6 heteroatoms. The van der Waals surface area contributed by atoms with Gasteiger partial charge in [-0.2, -0.15) is 0 Å². The molecule has 0 saturated heterocycles. The maximum atomic E-state index is 14.1. The number of phenols is 1. The van der Waals surface area contributed by atoms with Crippen LogP contribution in [0.5, 0.6) is 5.75 Å². The van der Waals surface area contributed by atoms with Gasteiger partial charge in [0.05, 0.1) is 15.6 Å². The minimum Gasteiger partial charge on any atom is -0.505 e. The Bertz CT molecular complexity index is 876. The summed E-state index contributed by atoms with van der Waals surface area (Å²) >= 11 is 10.4. The Morgan fingerprint density at radius 3 is 2.50 bits per heavy atom. The molecule has 0 saturated carbocycles. The highest BCUT2D eigenvalue weighted by atomic mass is 79.9. The number of benzene rings is 3. The summed E-state index contributed by atoms with van der Waals surface area (Å²) in [7, 11) is 0. The predicted molar refractivity (Wildman–Crippen MR) is 102 cm³/mol. The quantitative estimate of drug-likeness (QED) is 0.455. The van der Waals surface area contributed by atoms with Crippen LogP contribution in [0.25, 0.3) is 11.1 Å². The Labute approximate surface area is 156 Å². The summed E-state index contributed by atoms with van der Waals surface area (Å²) in [6.45, 7) is 0. The Kier molecular flexibility index (Phi) is 5.33. The van der Waals surface area contributed by atoms with Crippen molar-refractivity contribution in [3.05, 3.63) is 76.0 Å². The van der Waals surface area contributed by atoms with E-state index in [-0.39, 0.29) is 16.6 Å². The van der Waals surface area contributed by atoms with Crippen LogP contribution in [0.4, 0.5) is 10.1 Å². The molecule has 0 heterocycles. The molecule has 0 aromatic heterocycles. The number of rotatable bonds is 4. The highest BCUT2D eigenvalue weighted by Gasteiger charge is 2.11. The number of halogens is 3. The Balaban J connectivity index is 1.86. The van der Waals surface area contributed by atoms with Crippen LogP contribution < -0.4 is 4.72 Å². The molecule has 0 aliphatic rings. The van der Waals surface area contributed by atoms with Gasteiger partial charge in [0, 0.05) is 4.47 Å². The number of nitrogens with one attached hydrogen (secondary N) is 1. The first kappa shape index (κ1) is 17.1. The van der Waals surface area contributed by atoms with Gasteiger partial charge in [0.2, 0.25) is 0 Å². The third-order valence-corrected chi connectivity index (χ3v) is 4.94. The van der Waals surface area contributed by atoms with Gasteiger partial charge in [0.1, 0.15) is 11.6 Å². The Morgan fingerprint density at radius 2 is 1.75 bits per heavy atom. The highest BCUT2D eigenvalue weighted by molar-refractivity contribution is 9.10. The van der Waals surface area contributed by atoms with Crippen molar-refractivity contribution < 1.29 is 9.50 Å². The highest BCUT2D eigenvalue weighted by Crippen LogP contribution is 2.38. The maximum absolute atomic E-state index is 14.1. The monoisotopic (exact) mass is 423 g/mol. The van der Waals surface area contributed by atoms with E-state index in [9.17, 15) is 9.50 Å². The van der Waals surface area contributed by atoms with Crippen LogP contribution in [0.2, 0.25) is 5.02 Å². The second-order valence-electron chi connectivity index (χ2n) is 5.00. The van der Waals surface area contributed by atoms with Crippen molar-refractivity contribution in [2.24, 2.45) is 0 Å². The molecule has 122 valence electrons. The second-order valence-corrected chi connectivity index (χ2v) is 7.17. The molecule has 0 fully saturated rings. The first-order valence-corrected chi connectivity index (χ1v) is 8.99. The van der Waals surface area contributed by atoms with Gasteiger partial charge < -0.3 is 9.83 Å². The zero-order valence-corrected chi connectivity index (χ0v) is 15.4. The number of anilines is 1. The third-order valence-electron chi connectivity index (χ3n) is 3.34. The molecule has 3 rings (SSSR count). The van der Waals surface area contributed by atoms with Crippen LogP contribution in [-0.4, -0.2) is 5.11 Å². The van der Waals surface area contributed by atoms with Gasteiger partial charge in [-0.1, -0.05) is 63.9 Å². The molecule has 0 radical (unpaired) electrons. The summed E-state index contributed by atoms with van der Waals surface area (Å²) in [5.41, 5.74) is 2.23. The van der Waals surface area contributed by atoms with E-state index in [1.807, 2.05) is 30.3 Å². The molecule has 0 spiro atoms. The van der Waals surface area contributed by atoms with Gasteiger partial charge in [-0.05, 0) is 47.3 Å². The molecular weight excluding hydrogens is 413 g/mol. The van der Waals surface area contributed by atoms with Crippen LogP contribution in [-0.2, 0) is 0 Å². The van der Waals surface area contributed by atoms with Crippen molar-refractivity contribution in [1.29, 1.82) is 0 Å². The van der Waals surface area contributed by atoms with Crippen molar-refractivity contribution >= 4 is 45.2 Å². The molecule has 2 nitrogen and oxygen atoms in total. The van der Waals surface area contributed by atoms with Crippen molar-refractivity contribution in [3.8, 4) is 16.9 Å². The molecule has 0 aliphatic heterocycles. The second kappa shape index (κ2) is 7.47. The van der Waals surface area contributed by atoms with Crippen LogP contribution in [0, 0.1) is 5.82 Å². The lowest BCUT2D eigenvalue weighted by atomic mass is 10.1. The lowest BCUT2D eigenvalue weighted by Crippen LogP contribution is -1.92. The van der Waals surface area contributed by atoms with Crippen molar-refractivity contribution in [2.45, 2.75) is 4.90 Å². The number of hydrogen-bond donors (Lipinski definition) is 2. The smallest absolute Gasteiger partial charge is 0.149 e. The van der Waals surface area contributed by atoms with Crippen LogP contribution in [0.15, 0.2) is 70.0 Å². The molecule has 2 N–H and O–H groups in total. The van der Waals surface area contributed by atoms with E-state index in [4.69, 9.17) is 11.6 Å². The molecule has 24 heavy (non-hydrogen) atoms. The molecule has 3 aromatic rings. The van der Waals surface area contributed by atoms with E-state index in [0.29, 0.717) is 10.6 Å². The average Bonchev–Trinajstić information content (AvgIpc) is 2.59. The number of phenolic OH excluding ortho intramolecular Hbond substituents is 1. The first-order valence-electron chi connectivity index (χ1n) is 7.00. The maximum Gasteiger partial charge on any atom is 0.149 e. The topological polar surface area (TPSA) is 32.3 Å². The molecule has 3 aromatic carbocycles. The number of hydrogen-bond acceptors (Lipinski definition) is 3. The van der Waals surface area contributed by atoms with Gasteiger partial charge in [0.15, 0.2) is 0 Å². The molecule has 0 aliphatic carbocycles. The fourth-order valence-corrected chi connectivity index (χ4v) is 3.93. The molecule has 0 amide bonds. The standard InChI is InChI=1S/C18H12BrClFNOS/c19-13-9-14(20)18(23)17(10-13)24-22-16-8-12(6-7-15(16)21)11-4-2-1-3-5-11/h1-10,22-23H. The summed E-state index contributed by atoms with van der Waals surface area (Å²) in [6, 6.07) is 17.9. The largest absolute Gasteiger partial charge is 0.505 e. The zero-order chi connectivity index (χ0) is 17.1. The SMILES string of the molecule is Oc1c(Cl)cc(Br)cc1SNc1cc(-c2ccccc2)ccc1F. The van der Waals surface area contributed by atoms with Crippen molar-refractivity contribution in [1.82, 2.24) is 0 Å². The van der Waals surface area contributed by atoms with Crippen molar-refractivity contribution in [2.75, 3.05) is 4.72 Å². The fraction of sp³-hybridized carbons (Fsp3) is 0. The summed E-state index contributed by atoms with van der Waals surface area (Å²) in [5.74, 6) is -0.417. The fourth-order valence-electron chi connectivity index (χ4n) is 2.14. The molecule has 0 bridgehead atoms. The summed E-state index contributed by atoms with van der Waals surface area (Å²) < 4.78 is 17.7. The summed E-state index contributed by atoms with van der Waals surface area (Å²) in [4.78, 5) is 0.499. The minimum atomic E-state index is -0.372. The number of aromatic hydroxyl groups is 1. The van der Waals surface area contributed by atoms with Gasteiger partial charge in [0.25, 0.3) is 0 Å². The van der Waals surface area contributed by atoms with Crippen LogP contribution >= 0.6 is 39.5 Å². The molecular formula is C18H12BrClFNOS. The molecule has 0 unspecified atom stereocenters. The normalized spacial score (nSPS) is 10.6. The van der Waals surface area contributed by atoms with E-state index in [2.05, 4.69) is 20.7 Å². The lowest BCUT2D eigenvalue weighted by molar-refractivity contribution is 0.462. The Morgan fingerprint density at radius 1 is 1.00 bits per heavy atom. The first-order chi connectivity index (χ1) is 11.5. The van der Waals surface area contributed by atoms with E-state index in [1.54, 1.807) is 24.3 Å². The Hall–Kier alpha value is -1.69. The van der Waals surface area contributed by atoms with Gasteiger partial charge in [-0.3, -0.25) is 0 Å². The van der Waals surface area contributed by atoms with E-state index in [1.165, 1.54) is 6.07 Å². The summed E-state index contributed by atoms with van der Waals surface area (Å²) in [5, 5.41) is 10.2. The predicted octanol–water partition coefficient (Wildman–Crippen LogP) is 6.73. The van der Waals surface area contributed by atoms with Crippen LogP contribution in [0.1, 0.15) is 0 Å². The summed E-state index contributed by atoms with van der Waals surface area (Å²) in [6.07, 6.45) is 0. The van der Waals surface area contributed by atoms with E-state index >= 15 is 0 Å².